The molecule has 2 aromatic rings. The first-order valence-electron chi connectivity index (χ1n) is 8.63. The summed E-state index contributed by atoms with van der Waals surface area (Å²) >= 11 is 0. The number of para-hydroxylation sites is 1. The Hall–Kier alpha value is -1.86. The number of ether oxygens (including phenoxy) is 1. The molecule has 0 saturated carbocycles. The number of carbonyl (C=O) groups is 1. The summed E-state index contributed by atoms with van der Waals surface area (Å²) in [5.41, 5.74) is 0.655. The van der Waals surface area contributed by atoms with E-state index in [1.165, 1.54) is 0 Å². The number of amides is 1. The average molecular weight is 363 g/mol. The Kier molecular flexibility index (Phi) is 4.29. The Morgan fingerprint density at radius 2 is 2.08 bits per heavy atom. The third-order valence-corrected chi connectivity index (χ3v) is 6.72. The molecule has 0 aliphatic carbocycles. The van der Waals surface area contributed by atoms with Gasteiger partial charge in [-0.05, 0) is 31.4 Å². The van der Waals surface area contributed by atoms with Gasteiger partial charge in [-0.2, -0.15) is 0 Å². The zero-order chi connectivity index (χ0) is 17.4. The van der Waals surface area contributed by atoms with Gasteiger partial charge in [0.25, 0.3) is 5.91 Å². The molecule has 25 heavy (non-hydrogen) atoms. The molecule has 1 aromatic carbocycles. The molecule has 7 heteroatoms. The number of sulfone groups is 1. The molecule has 3 heterocycles. The molecular weight excluding hydrogens is 342 g/mol. The molecule has 4 rings (SSSR count). The van der Waals surface area contributed by atoms with E-state index in [1.54, 1.807) is 11.0 Å². The number of benzene rings is 1. The molecular formula is C18H21NO5S. The van der Waals surface area contributed by atoms with Gasteiger partial charge in [0.1, 0.15) is 5.58 Å². The van der Waals surface area contributed by atoms with Crippen LogP contribution in [0.3, 0.4) is 0 Å². The second-order valence-electron chi connectivity index (χ2n) is 6.80. The molecule has 2 fully saturated rings. The van der Waals surface area contributed by atoms with Crippen molar-refractivity contribution < 1.29 is 22.4 Å². The van der Waals surface area contributed by atoms with Gasteiger partial charge < -0.3 is 14.1 Å². The van der Waals surface area contributed by atoms with Gasteiger partial charge in [0.05, 0.1) is 17.6 Å². The van der Waals surface area contributed by atoms with Gasteiger partial charge in [-0.3, -0.25) is 4.79 Å². The Morgan fingerprint density at radius 3 is 2.76 bits per heavy atom. The standard InChI is InChI=1S/C18H21NO5S/c20-18(17-10-13-4-1-2-6-16(13)24-17)19(11-15-5-3-8-23-15)14-7-9-25(21,22)12-14/h1-2,4,6,10,14-15H,3,5,7-9,11-12H2/t14-,15-/m1/s1. The van der Waals surface area contributed by atoms with E-state index in [9.17, 15) is 13.2 Å². The van der Waals surface area contributed by atoms with Gasteiger partial charge >= 0.3 is 0 Å². The van der Waals surface area contributed by atoms with Crippen molar-refractivity contribution in [1.29, 1.82) is 0 Å². The maximum atomic E-state index is 13.1. The molecule has 2 aliphatic rings. The predicted molar refractivity (Wildman–Crippen MR) is 93.3 cm³/mol. The Balaban J connectivity index is 1.62. The summed E-state index contributed by atoms with van der Waals surface area (Å²) in [5.74, 6) is 0.149. The van der Waals surface area contributed by atoms with Gasteiger partial charge in [-0.25, -0.2) is 8.42 Å². The van der Waals surface area contributed by atoms with Crippen LogP contribution in [0.25, 0.3) is 11.0 Å². The van der Waals surface area contributed by atoms with Gasteiger partial charge in [-0.15, -0.1) is 0 Å². The summed E-state index contributed by atoms with van der Waals surface area (Å²) in [4.78, 5) is 14.7. The first-order chi connectivity index (χ1) is 12.0. The van der Waals surface area contributed by atoms with Crippen molar-refractivity contribution in [1.82, 2.24) is 4.90 Å². The highest BCUT2D eigenvalue weighted by Gasteiger charge is 2.37. The monoisotopic (exact) mass is 363 g/mol. The van der Waals surface area contributed by atoms with Gasteiger partial charge in [0, 0.05) is 24.6 Å². The fourth-order valence-electron chi connectivity index (χ4n) is 3.66. The maximum Gasteiger partial charge on any atom is 0.289 e. The van der Waals surface area contributed by atoms with E-state index in [2.05, 4.69) is 0 Å². The topological polar surface area (TPSA) is 76.8 Å². The predicted octanol–water partition coefficient (Wildman–Crippen LogP) is 2.24. The van der Waals surface area contributed by atoms with Crippen LogP contribution in [0.2, 0.25) is 0 Å². The van der Waals surface area contributed by atoms with Crippen LogP contribution in [-0.4, -0.2) is 56.0 Å². The van der Waals surface area contributed by atoms with Gasteiger partial charge in [0.15, 0.2) is 15.6 Å². The third-order valence-electron chi connectivity index (χ3n) is 4.97. The Morgan fingerprint density at radius 1 is 1.24 bits per heavy atom. The molecule has 2 atom stereocenters. The number of nitrogens with zero attached hydrogens (tertiary/aromatic N) is 1. The molecule has 2 saturated heterocycles. The number of furan rings is 1. The molecule has 0 N–H and O–H groups in total. The highest BCUT2D eigenvalue weighted by atomic mass is 32.2. The highest BCUT2D eigenvalue weighted by molar-refractivity contribution is 7.91. The molecule has 1 aromatic heterocycles. The fourth-order valence-corrected chi connectivity index (χ4v) is 5.39. The number of hydrogen-bond acceptors (Lipinski definition) is 5. The van der Waals surface area contributed by atoms with Crippen LogP contribution in [0.4, 0.5) is 0 Å². The van der Waals surface area contributed by atoms with E-state index in [0.717, 1.165) is 18.2 Å². The van der Waals surface area contributed by atoms with Crippen molar-refractivity contribution in [3.05, 3.63) is 36.1 Å². The van der Waals surface area contributed by atoms with E-state index < -0.39 is 9.84 Å². The van der Waals surface area contributed by atoms with Crippen LogP contribution >= 0.6 is 0 Å². The van der Waals surface area contributed by atoms with Crippen LogP contribution < -0.4 is 0 Å². The second kappa shape index (κ2) is 6.46. The highest BCUT2D eigenvalue weighted by Crippen LogP contribution is 2.26. The van der Waals surface area contributed by atoms with Crippen molar-refractivity contribution in [2.45, 2.75) is 31.4 Å². The summed E-state index contributed by atoms with van der Waals surface area (Å²) in [7, 11) is -3.08. The van der Waals surface area contributed by atoms with Gasteiger partial charge in [0.2, 0.25) is 0 Å². The van der Waals surface area contributed by atoms with Crippen molar-refractivity contribution in [2.24, 2.45) is 0 Å². The Bertz CT molecular complexity index is 849. The lowest BCUT2D eigenvalue weighted by Crippen LogP contribution is -2.45. The quantitative estimate of drug-likeness (QED) is 0.833. The lowest BCUT2D eigenvalue weighted by Gasteiger charge is -2.29. The smallest absolute Gasteiger partial charge is 0.289 e. The number of rotatable bonds is 4. The Labute approximate surface area is 146 Å². The van der Waals surface area contributed by atoms with Crippen LogP contribution in [0.1, 0.15) is 29.8 Å². The molecule has 0 radical (unpaired) electrons. The molecule has 2 aliphatic heterocycles. The second-order valence-corrected chi connectivity index (χ2v) is 9.03. The molecule has 134 valence electrons. The molecule has 1 amide bonds. The molecule has 0 spiro atoms. The first kappa shape index (κ1) is 16.6. The number of fused-ring (bicyclic) bond motifs is 1. The summed E-state index contributed by atoms with van der Waals surface area (Å²) in [6, 6.07) is 8.86. The lowest BCUT2D eigenvalue weighted by atomic mass is 10.1. The molecule has 0 bridgehead atoms. The summed E-state index contributed by atoms with van der Waals surface area (Å²) < 4.78 is 35.2. The summed E-state index contributed by atoms with van der Waals surface area (Å²) in [6.07, 6.45) is 2.31. The molecule has 6 nitrogen and oxygen atoms in total. The van der Waals surface area contributed by atoms with Gasteiger partial charge in [-0.1, -0.05) is 18.2 Å². The largest absolute Gasteiger partial charge is 0.451 e. The van der Waals surface area contributed by atoms with Crippen molar-refractivity contribution in [3.8, 4) is 0 Å². The van der Waals surface area contributed by atoms with Crippen LogP contribution in [0.15, 0.2) is 34.7 Å². The van der Waals surface area contributed by atoms with Crippen LogP contribution in [0, 0.1) is 0 Å². The zero-order valence-corrected chi connectivity index (χ0v) is 14.7. The van der Waals surface area contributed by atoms with E-state index >= 15 is 0 Å². The third kappa shape index (κ3) is 3.43. The SMILES string of the molecule is O=C(c1cc2ccccc2o1)N(C[C@H]1CCCO1)[C@@H]1CCS(=O)(=O)C1. The van der Waals surface area contributed by atoms with Crippen LogP contribution in [0.5, 0.6) is 0 Å². The lowest BCUT2D eigenvalue weighted by molar-refractivity contribution is 0.0420. The van der Waals surface area contributed by atoms with Crippen molar-refractivity contribution >= 4 is 26.7 Å². The van der Waals surface area contributed by atoms with Crippen molar-refractivity contribution in [2.75, 3.05) is 24.7 Å². The zero-order valence-electron chi connectivity index (χ0n) is 13.9. The number of hydrogen-bond donors (Lipinski definition) is 0. The van der Waals surface area contributed by atoms with Crippen molar-refractivity contribution in [3.63, 3.8) is 0 Å². The average Bonchev–Trinajstić information content (AvgIpc) is 3.30. The minimum absolute atomic E-state index is 0.0195. The van der Waals surface area contributed by atoms with Crippen LogP contribution in [-0.2, 0) is 14.6 Å². The molecule has 0 unspecified atom stereocenters. The normalized spacial score (nSPS) is 25.4. The summed E-state index contributed by atoms with van der Waals surface area (Å²) in [6.45, 7) is 1.11. The van der Waals surface area contributed by atoms with E-state index in [-0.39, 0.29) is 35.3 Å². The minimum atomic E-state index is -3.08. The van der Waals surface area contributed by atoms with E-state index in [4.69, 9.17) is 9.15 Å². The minimum Gasteiger partial charge on any atom is -0.451 e. The first-order valence-corrected chi connectivity index (χ1v) is 10.5. The fraction of sp³-hybridized carbons (Fsp3) is 0.500. The number of carbonyl (C=O) groups excluding carboxylic acids is 1. The van der Waals surface area contributed by atoms with E-state index in [0.29, 0.717) is 25.2 Å². The maximum absolute atomic E-state index is 13.1. The van der Waals surface area contributed by atoms with E-state index in [1.807, 2.05) is 24.3 Å². The summed E-state index contributed by atoms with van der Waals surface area (Å²) in [5, 5.41) is 0.863.